The summed E-state index contributed by atoms with van der Waals surface area (Å²) in [5.74, 6) is -1.54. The van der Waals surface area contributed by atoms with Crippen LogP contribution in [-0.2, 0) is 29.1 Å². The molecule has 0 spiro atoms. The maximum Gasteiger partial charge on any atom is 0.407 e. The SMILES string of the molecule is C=C[C@@H]1C[C@]1(NC(=O)[C@@H]1C[C@@H]2CN1C(=O)[C@H](C1CCCCC1)NC(=O)OCC(C)(C)CC/C=C/c1cc3c(cc(-c4ccccc4)nc3cc1OC)O2)C(=O)NS(=O)(=O)C1CC1. The number of nitrogens with one attached hydrogen (secondary N) is 3. The van der Waals surface area contributed by atoms with Gasteiger partial charge in [0, 0.05) is 41.0 Å². The molecule has 0 radical (unpaired) electrons. The van der Waals surface area contributed by atoms with Crippen LogP contribution in [-0.4, -0.2) is 91.4 Å². The van der Waals surface area contributed by atoms with E-state index in [9.17, 15) is 22.8 Å². The van der Waals surface area contributed by atoms with E-state index in [-0.39, 0.29) is 37.3 Å². The van der Waals surface area contributed by atoms with Crippen molar-refractivity contribution in [3.63, 3.8) is 0 Å². The van der Waals surface area contributed by atoms with Crippen molar-refractivity contribution in [3.8, 4) is 22.8 Å². The maximum absolute atomic E-state index is 15.1. The van der Waals surface area contributed by atoms with Gasteiger partial charge in [-0.3, -0.25) is 19.1 Å². The monoisotopic (exact) mass is 867 g/mol. The Morgan fingerprint density at radius 3 is 2.50 bits per heavy atom. The Morgan fingerprint density at radius 2 is 1.81 bits per heavy atom. The second-order valence-electron chi connectivity index (χ2n) is 18.3. The Hall–Kier alpha value is -5.44. The van der Waals surface area contributed by atoms with E-state index in [1.807, 2.05) is 68.5 Å². The molecule has 3 aromatic rings. The van der Waals surface area contributed by atoms with Gasteiger partial charge in [-0.1, -0.05) is 81.7 Å². The minimum Gasteiger partial charge on any atom is -0.496 e. The molecule has 1 aromatic heterocycles. The summed E-state index contributed by atoms with van der Waals surface area (Å²) in [5.41, 5.74) is 0.980. The number of sulfonamides is 1. The van der Waals surface area contributed by atoms with E-state index in [4.69, 9.17) is 19.2 Å². The number of ether oxygens (including phenoxy) is 3. The molecule has 330 valence electrons. The Balaban J connectivity index is 1.20. The van der Waals surface area contributed by atoms with Crippen LogP contribution in [0.3, 0.4) is 0 Å². The van der Waals surface area contributed by atoms with E-state index in [2.05, 4.69) is 28.0 Å². The van der Waals surface area contributed by atoms with Crippen LogP contribution in [0.2, 0.25) is 0 Å². The molecule has 2 aromatic carbocycles. The number of allylic oxidation sites excluding steroid dienone is 1. The van der Waals surface area contributed by atoms with E-state index in [0.29, 0.717) is 66.6 Å². The first-order chi connectivity index (χ1) is 29.7. The van der Waals surface area contributed by atoms with Gasteiger partial charge in [-0.25, -0.2) is 18.2 Å². The summed E-state index contributed by atoms with van der Waals surface area (Å²) in [6.45, 7) is 7.98. The largest absolute Gasteiger partial charge is 0.496 e. The number of fused-ring (bicyclic) bond motifs is 3. The first kappa shape index (κ1) is 43.2. The van der Waals surface area contributed by atoms with Crippen LogP contribution < -0.4 is 24.8 Å². The molecule has 4 fully saturated rings. The molecule has 8 rings (SSSR count). The maximum atomic E-state index is 15.1. The molecule has 3 heterocycles. The predicted molar refractivity (Wildman–Crippen MR) is 234 cm³/mol. The number of benzene rings is 2. The number of alkyl carbamates (subject to hydrolysis) is 1. The summed E-state index contributed by atoms with van der Waals surface area (Å²) in [4.78, 5) is 63.6. The van der Waals surface area contributed by atoms with Crippen LogP contribution in [0.4, 0.5) is 4.79 Å². The van der Waals surface area contributed by atoms with E-state index < -0.39 is 68.7 Å². The average molecular weight is 868 g/mol. The van der Waals surface area contributed by atoms with Crippen molar-refractivity contribution < 1.29 is 41.8 Å². The zero-order chi connectivity index (χ0) is 43.8. The number of hydrogen-bond donors (Lipinski definition) is 3. The molecule has 14 nitrogen and oxygen atoms in total. The highest BCUT2D eigenvalue weighted by atomic mass is 32.2. The quantitative estimate of drug-likeness (QED) is 0.203. The summed E-state index contributed by atoms with van der Waals surface area (Å²) in [6, 6.07) is 13.3. The van der Waals surface area contributed by atoms with Gasteiger partial charge in [0.25, 0.3) is 5.91 Å². The van der Waals surface area contributed by atoms with Crippen LogP contribution in [0, 0.1) is 17.3 Å². The molecule has 1 saturated heterocycles. The van der Waals surface area contributed by atoms with Crippen LogP contribution in [0.1, 0.15) is 90.0 Å². The van der Waals surface area contributed by atoms with E-state index in [1.165, 1.54) is 11.0 Å². The highest BCUT2D eigenvalue weighted by molar-refractivity contribution is 7.91. The van der Waals surface area contributed by atoms with Crippen molar-refractivity contribution >= 4 is 50.8 Å². The molecule has 3 saturated carbocycles. The van der Waals surface area contributed by atoms with Gasteiger partial charge in [0.05, 0.1) is 36.7 Å². The number of methoxy groups -OCH3 is 1. The number of pyridine rings is 1. The highest BCUT2D eigenvalue weighted by Crippen LogP contribution is 2.46. The Bertz CT molecular complexity index is 2380. The predicted octanol–water partition coefficient (Wildman–Crippen LogP) is 6.44. The lowest BCUT2D eigenvalue weighted by Gasteiger charge is -2.35. The second-order valence-corrected chi connectivity index (χ2v) is 20.3. The fourth-order valence-corrected chi connectivity index (χ4v) is 10.6. The zero-order valence-electron chi connectivity index (χ0n) is 35.7. The topological polar surface area (TPSA) is 182 Å². The number of carbonyl (C=O) groups is 4. The molecule has 5 atom stereocenters. The van der Waals surface area contributed by atoms with Crippen molar-refractivity contribution in [1.82, 2.24) is 25.2 Å². The molecule has 5 aliphatic rings. The summed E-state index contributed by atoms with van der Waals surface area (Å²) in [7, 11) is -2.31. The lowest BCUT2D eigenvalue weighted by molar-refractivity contribution is -0.142. The van der Waals surface area contributed by atoms with Crippen LogP contribution >= 0.6 is 0 Å². The average Bonchev–Trinajstić information content (AvgIpc) is 4.20. The minimum atomic E-state index is -3.92. The van der Waals surface area contributed by atoms with Crippen LogP contribution in [0.25, 0.3) is 28.2 Å². The third-order valence-electron chi connectivity index (χ3n) is 13.1. The Labute approximate surface area is 363 Å². The fraction of sp³-hybridized carbons (Fsp3) is 0.511. The van der Waals surface area contributed by atoms with Crippen molar-refractivity contribution in [2.75, 3.05) is 20.3 Å². The van der Waals surface area contributed by atoms with Gasteiger partial charge < -0.3 is 29.7 Å². The first-order valence-corrected chi connectivity index (χ1v) is 23.4. The normalized spacial score (nSPS) is 27.4. The van der Waals surface area contributed by atoms with Gasteiger partial charge >= 0.3 is 6.09 Å². The lowest BCUT2D eigenvalue weighted by Crippen LogP contribution is -2.59. The Kier molecular flexibility index (Phi) is 12.1. The molecular weight excluding hydrogens is 811 g/mol. The van der Waals surface area contributed by atoms with E-state index in [1.54, 1.807) is 7.11 Å². The number of carbonyl (C=O) groups excluding carboxylic acids is 4. The van der Waals surface area contributed by atoms with Crippen molar-refractivity contribution in [1.29, 1.82) is 0 Å². The number of aromatic nitrogens is 1. The summed E-state index contributed by atoms with van der Waals surface area (Å²) in [6.07, 6.45) is 10.9. The molecule has 62 heavy (non-hydrogen) atoms. The van der Waals surface area contributed by atoms with Gasteiger partial charge in [-0.15, -0.1) is 6.58 Å². The van der Waals surface area contributed by atoms with Crippen LogP contribution in [0.5, 0.6) is 11.5 Å². The lowest BCUT2D eigenvalue weighted by atomic mass is 9.83. The zero-order valence-corrected chi connectivity index (χ0v) is 36.5. The van der Waals surface area contributed by atoms with E-state index >= 15 is 4.79 Å². The standard InChI is InChI=1S/C47H57N5O9S/c1-5-32-26-47(32,44(55)51-62(57,58)34-19-20-34)50-42(53)38-23-33-27-52(38)43(54)41(30-16-10-7-11-17-30)49-45(56)60-28-46(2,3)21-13-12-18-31-22-35-37(25-39(31)59-4)48-36(24-40(35)61-33)29-14-8-6-9-15-29/h5-6,8-9,12,14-15,18,22,24-25,30,32-34,38,41H,1,7,10-11,13,16-17,19-21,23,26-28H2,2-4H3,(H,49,56)(H,50,53)(H,51,55)/b18-12+/t32-,33-,38+,41+,47-/m1/s1. The third kappa shape index (κ3) is 9.18. The molecule has 4 bridgehead atoms. The smallest absolute Gasteiger partial charge is 0.407 e. The minimum absolute atomic E-state index is 0.0164. The van der Waals surface area contributed by atoms with Gasteiger partial charge in [0.1, 0.15) is 35.2 Å². The molecule has 4 amide bonds. The van der Waals surface area contributed by atoms with Gasteiger partial charge in [-0.05, 0) is 62.3 Å². The van der Waals surface area contributed by atoms with Crippen molar-refractivity contribution in [2.24, 2.45) is 17.3 Å². The summed E-state index contributed by atoms with van der Waals surface area (Å²) >= 11 is 0. The number of nitrogens with zero attached hydrogens (tertiary/aromatic N) is 2. The summed E-state index contributed by atoms with van der Waals surface area (Å²) in [5, 5.41) is 5.86. The highest BCUT2D eigenvalue weighted by Gasteiger charge is 2.62. The van der Waals surface area contributed by atoms with Gasteiger partial charge in [0.15, 0.2) is 0 Å². The van der Waals surface area contributed by atoms with E-state index in [0.717, 1.165) is 30.4 Å². The van der Waals surface area contributed by atoms with Crippen molar-refractivity contribution in [2.45, 2.75) is 113 Å². The van der Waals surface area contributed by atoms with Gasteiger partial charge in [0.2, 0.25) is 21.8 Å². The van der Waals surface area contributed by atoms with Crippen LogP contribution in [0.15, 0.2) is 67.3 Å². The number of hydrogen-bond acceptors (Lipinski definition) is 10. The molecule has 0 unspecified atom stereocenters. The van der Waals surface area contributed by atoms with Crippen molar-refractivity contribution in [3.05, 3.63) is 72.8 Å². The molecular formula is C47H57N5O9S. The molecule has 15 heteroatoms. The molecule has 3 N–H and O–H groups in total. The number of rotatable bonds is 9. The Morgan fingerprint density at radius 1 is 1.05 bits per heavy atom. The molecule has 2 aliphatic heterocycles. The molecule has 3 aliphatic carbocycles. The first-order valence-electron chi connectivity index (χ1n) is 21.9. The number of amides is 4. The number of cyclic esters (lactones) is 1. The fourth-order valence-electron chi connectivity index (χ4n) is 9.19. The van der Waals surface area contributed by atoms with Gasteiger partial charge in [-0.2, -0.15) is 0 Å². The second kappa shape index (κ2) is 17.4. The third-order valence-corrected chi connectivity index (χ3v) is 14.9. The summed E-state index contributed by atoms with van der Waals surface area (Å²) < 4.78 is 46.5.